The van der Waals surface area contributed by atoms with Gasteiger partial charge in [-0.25, -0.2) is 4.79 Å². The normalized spacial score (nSPS) is 20.1. The average molecular weight is 242 g/mol. The topological polar surface area (TPSA) is 60.9 Å². The fourth-order valence-electron chi connectivity index (χ4n) is 2.08. The molecule has 1 atom stereocenters. The molecule has 0 aromatic carbocycles. The summed E-state index contributed by atoms with van der Waals surface area (Å²) < 4.78 is 0. The van der Waals surface area contributed by atoms with Crippen molar-refractivity contribution in [1.82, 2.24) is 9.80 Å². The number of unbranched alkanes of at least 4 members (excludes halogenated alkanes) is 1. The summed E-state index contributed by atoms with van der Waals surface area (Å²) in [6.45, 7) is 3.85. The van der Waals surface area contributed by atoms with Gasteiger partial charge in [0.15, 0.2) is 0 Å². The number of aliphatic carboxylic acids is 1. The Hall–Kier alpha value is -1.26. The van der Waals surface area contributed by atoms with Gasteiger partial charge in [-0.1, -0.05) is 13.3 Å². The second-order valence-electron chi connectivity index (χ2n) is 4.68. The van der Waals surface area contributed by atoms with Crippen LogP contribution < -0.4 is 0 Å². The molecule has 2 amide bonds. The number of rotatable bonds is 4. The first-order valence-corrected chi connectivity index (χ1v) is 6.29. The fraction of sp³-hybridized carbons (Fsp3) is 0.833. The van der Waals surface area contributed by atoms with Crippen LogP contribution in [0, 0.1) is 5.92 Å². The second kappa shape index (κ2) is 6.47. The molecule has 1 fully saturated rings. The monoisotopic (exact) mass is 242 g/mol. The SMILES string of the molecule is CCCCN(C)C(=O)N1CCC[C@H](C(=O)O)C1. The minimum Gasteiger partial charge on any atom is -0.481 e. The third kappa shape index (κ3) is 3.91. The molecule has 0 saturated carbocycles. The lowest BCUT2D eigenvalue weighted by Gasteiger charge is -2.33. The van der Waals surface area contributed by atoms with E-state index in [1.165, 1.54) is 0 Å². The Morgan fingerprint density at radius 2 is 2.18 bits per heavy atom. The molecule has 1 aliphatic rings. The average Bonchev–Trinajstić information content (AvgIpc) is 2.35. The molecule has 17 heavy (non-hydrogen) atoms. The Kier molecular flexibility index (Phi) is 5.25. The predicted octanol–water partition coefficient (Wildman–Crippen LogP) is 1.63. The van der Waals surface area contributed by atoms with Crippen LogP contribution in [0.2, 0.25) is 0 Å². The minimum atomic E-state index is -0.793. The number of carbonyl (C=O) groups excluding carboxylic acids is 1. The first-order valence-electron chi connectivity index (χ1n) is 6.29. The summed E-state index contributed by atoms with van der Waals surface area (Å²) >= 11 is 0. The van der Waals surface area contributed by atoms with Crippen molar-refractivity contribution in [2.24, 2.45) is 5.92 Å². The van der Waals surface area contributed by atoms with Crippen LogP contribution in [-0.2, 0) is 4.79 Å². The molecule has 1 N–H and O–H groups in total. The van der Waals surface area contributed by atoms with Gasteiger partial charge in [0.1, 0.15) is 0 Å². The zero-order valence-corrected chi connectivity index (χ0v) is 10.7. The quantitative estimate of drug-likeness (QED) is 0.815. The van der Waals surface area contributed by atoms with Crippen LogP contribution in [0.25, 0.3) is 0 Å². The van der Waals surface area contributed by atoms with E-state index in [0.717, 1.165) is 25.8 Å². The smallest absolute Gasteiger partial charge is 0.319 e. The van der Waals surface area contributed by atoms with Gasteiger partial charge < -0.3 is 14.9 Å². The number of nitrogens with zero attached hydrogens (tertiary/aromatic N) is 2. The molecule has 5 nitrogen and oxygen atoms in total. The molecular weight excluding hydrogens is 220 g/mol. The molecule has 0 aromatic heterocycles. The van der Waals surface area contributed by atoms with Crippen molar-refractivity contribution < 1.29 is 14.7 Å². The van der Waals surface area contributed by atoms with Crippen LogP contribution in [0.1, 0.15) is 32.6 Å². The van der Waals surface area contributed by atoms with Crippen LogP contribution >= 0.6 is 0 Å². The van der Waals surface area contributed by atoms with Crippen molar-refractivity contribution in [1.29, 1.82) is 0 Å². The summed E-state index contributed by atoms with van der Waals surface area (Å²) in [5, 5.41) is 8.97. The molecule has 0 aromatic rings. The van der Waals surface area contributed by atoms with E-state index in [2.05, 4.69) is 6.92 Å². The van der Waals surface area contributed by atoms with Crippen molar-refractivity contribution in [3.05, 3.63) is 0 Å². The highest BCUT2D eigenvalue weighted by Gasteiger charge is 2.29. The largest absolute Gasteiger partial charge is 0.481 e. The fourth-order valence-corrected chi connectivity index (χ4v) is 2.08. The maximum Gasteiger partial charge on any atom is 0.319 e. The lowest BCUT2D eigenvalue weighted by atomic mass is 9.99. The van der Waals surface area contributed by atoms with E-state index < -0.39 is 11.9 Å². The lowest BCUT2D eigenvalue weighted by Crippen LogP contribution is -2.47. The Morgan fingerprint density at radius 3 is 2.76 bits per heavy atom. The predicted molar refractivity (Wildman–Crippen MR) is 64.9 cm³/mol. The number of urea groups is 1. The maximum absolute atomic E-state index is 12.0. The summed E-state index contributed by atoms with van der Waals surface area (Å²) in [5.41, 5.74) is 0. The van der Waals surface area contributed by atoms with Gasteiger partial charge in [-0.2, -0.15) is 0 Å². The van der Waals surface area contributed by atoms with Crippen LogP contribution in [0.5, 0.6) is 0 Å². The van der Waals surface area contributed by atoms with Crippen molar-refractivity contribution in [2.45, 2.75) is 32.6 Å². The van der Waals surface area contributed by atoms with Gasteiger partial charge in [-0.05, 0) is 19.3 Å². The van der Waals surface area contributed by atoms with Gasteiger partial charge in [-0.3, -0.25) is 4.79 Å². The van der Waals surface area contributed by atoms with Crippen LogP contribution in [0.3, 0.4) is 0 Å². The summed E-state index contributed by atoms with van der Waals surface area (Å²) in [4.78, 5) is 26.3. The molecule has 0 aliphatic carbocycles. The zero-order chi connectivity index (χ0) is 12.8. The Balaban J connectivity index is 2.48. The molecule has 0 unspecified atom stereocenters. The maximum atomic E-state index is 12.0. The van der Waals surface area contributed by atoms with Gasteiger partial charge in [0.2, 0.25) is 0 Å². The summed E-state index contributed by atoms with van der Waals surface area (Å²) in [7, 11) is 1.78. The van der Waals surface area contributed by atoms with E-state index in [9.17, 15) is 9.59 Å². The number of piperidine rings is 1. The molecule has 0 spiro atoms. The third-order valence-corrected chi connectivity index (χ3v) is 3.21. The Morgan fingerprint density at radius 1 is 1.47 bits per heavy atom. The van der Waals surface area contributed by atoms with E-state index in [1.54, 1.807) is 16.8 Å². The second-order valence-corrected chi connectivity index (χ2v) is 4.68. The van der Waals surface area contributed by atoms with E-state index >= 15 is 0 Å². The number of likely N-dealkylation sites (tertiary alicyclic amines) is 1. The summed E-state index contributed by atoms with van der Waals surface area (Å²) in [6.07, 6.45) is 3.50. The molecular formula is C12H22N2O3. The molecule has 1 rings (SSSR count). The van der Waals surface area contributed by atoms with Crippen molar-refractivity contribution in [3.8, 4) is 0 Å². The first kappa shape index (κ1) is 13.8. The highest BCUT2D eigenvalue weighted by atomic mass is 16.4. The van der Waals surface area contributed by atoms with Gasteiger partial charge in [-0.15, -0.1) is 0 Å². The van der Waals surface area contributed by atoms with Crippen molar-refractivity contribution in [2.75, 3.05) is 26.7 Å². The van der Waals surface area contributed by atoms with E-state index in [0.29, 0.717) is 19.5 Å². The highest BCUT2D eigenvalue weighted by Crippen LogP contribution is 2.17. The standard InChI is InChI=1S/C12H22N2O3/c1-3-4-7-13(2)12(17)14-8-5-6-10(9-14)11(15)16/h10H,3-9H2,1-2H3,(H,15,16)/t10-/m0/s1. The van der Waals surface area contributed by atoms with Gasteiger partial charge in [0.05, 0.1) is 5.92 Å². The zero-order valence-electron chi connectivity index (χ0n) is 10.7. The molecule has 1 heterocycles. The van der Waals surface area contributed by atoms with Crippen molar-refractivity contribution >= 4 is 12.0 Å². The number of carbonyl (C=O) groups is 2. The number of carboxylic acids is 1. The number of carboxylic acid groups (broad SMARTS) is 1. The molecule has 5 heteroatoms. The van der Waals surface area contributed by atoms with E-state index in [1.807, 2.05) is 0 Å². The third-order valence-electron chi connectivity index (χ3n) is 3.21. The van der Waals surface area contributed by atoms with Crippen molar-refractivity contribution in [3.63, 3.8) is 0 Å². The highest BCUT2D eigenvalue weighted by molar-refractivity contribution is 5.76. The number of amides is 2. The van der Waals surface area contributed by atoms with Gasteiger partial charge >= 0.3 is 12.0 Å². The molecule has 0 bridgehead atoms. The minimum absolute atomic E-state index is 0.0376. The molecule has 1 saturated heterocycles. The summed E-state index contributed by atoms with van der Waals surface area (Å²) in [5.74, 6) is -1.19. The van der Waals surface area contributed by atoms with E-state index in [4.69, 9.17) is 5.11 Å². The van der Waals surface area contributed by atoms with E-state index in [-0.39, 0.29) is 6.03 Å². The molecule has 98 valence electrons. The first-order chi connectivity index (χ1) is 8.06. The summed E-state index contributed by atoms with van der Waals surface area (Å²) in [6, 6.07) is -0.0376. The molecule has 1 aliphatic heterocycles. The van der Waals surface area contributed by atoms with Gasteiger partial charge in [0, 0.05) is 26.7 Å². The lowest BCUT2D eigenvalue weighted by molar-refractivity contribution is -0.143. The van der Waals surface area contributed by atoms with Gasteiger partial charge in [0.25, 0.3) is 0 Å². The Bertz CT molecular complexity index is 281. The number of hydrogen-bond acceptors (Lipinski definition) is 2. The Labute approximate surface area is 102 Å². The van der Waals surface area contributed by atoms with Crippen LogP contribution in [0.4, 0.5) is 4.79 Å². The number of hydrogen-bond donors (Lipinski definition) is 1. The molecule has 0 radical (unpaired) electrons. The van der Waals surface area contributed by atoms with Crippen LogP contribution in [0.15, 0.2) is 0 Å². The van der Waals surface area contributed by atoms with Crippen LogP contribution in [-0.4, -0.2) is 53.6 Å².